The number of ether oxygens (including phenoxy) is 1. The number of halogens is 1. The Bertz CT molecular complexity index is 1410. The number of nitrogens with one attached hydrogen (secondary N) is 1. The second-order valence-electron chi connectivity index (χ2n) is 10.1. The quantitative estimate of drug-likeness (QED) is 0.401. The monoisotopic (exact) mass is 555 g/mol. The van der Waals surface area contributed by atoms with Crippen LogP contribution in [0.15, 0.2) is 83.8 Å². The number of nitrogens with zero attached hydrogens (tertiary/aromatic N) is 2. The number of anilines is 1. The molecule has 3 aromatic rings. The van der Waals surface area contributed by atoms with Crippen LogP contribution in [-0.2, 0) is 26.2 Å². The largest absolute Gasteiger partial charge is 0.497 e. The van der Waals surface area contributed by atoms with Gasteiger partial charge in [0.2, 0.25) is 11.8 Å². The van der Waals surface area contributed by atoms with Crippen molar-refractivity contribution < 1.29 is 27.1 Å². The lowest BCUT2D eigenvalue weighted by Gasteiger charge is -2.33. The van der Waals surface area contributed by atoms with E-state index in [1.165, 1.54) is 55.3 Å². The van der Waals surface area contributed by atoms with Gasteiger partial charge >= 0.3 is 0 Å². The van der Waals surface area contributed by atoms with Gasteiger partial charge < -0.3 is 15.0 Å². The molecule has 0 radical (unpaired) electrons. The predicted molar refractivity (Wildman–Crippen MR) is 148 cm³/mol. The molecule has 0 fully saturated rings. The zero-order valence-corrected chi connectivity index (χ0v) is 23.5. The third-order valence-corrected chi connectivity index (χ3v) is 7.70. The first kappa shape index (κ1) is 29.6. The number of methoxy groups -OCH3 is 1. The molecule has 3 aromatic carbocycles. The maximum Gasteiger partial charge on any atom is 0.264 e. The van der Waals surface area contributed by atoms with Crippen LogP contribution in [0.3, 0.4) is 0 Å². The number of sulfonamides is 1. The molecule has 0 saturated carbocycles. The summed E-state index contributed by atoms with van der Waals surface area (Å²) < 4.78 is 48.4. The van der Waals surface area contributed by atoms with Gasteiger partial charge in [0.25, 0.3) is 10.0 Å². The molecule has 1 N–H and O–H groups in total. The number of rotatable bonds is 10. The highest BCUT2D eigenvalue weighted by Crippen LogP contribution is 2.27. The molecule has 0 bridgehead atoms. The van der Waals surface area contributed by atoms with Crippen LogP contribution in [0.25, 0.3) is 0 Å². The molecule has 0 aromatic heterocycles. The maximum absolute atomic E-state index is 14.6. The van der Waals surface area contributed by atoms with E-state index in [4.69, 9.17) is 4.74 Å². The molecular formula is C29H34FN3O5S. The molecule has 10 heteroatoms. The van der Waals surface area contributed by atoms with Crippen molar-refractivity contribution in [2.45, 2.75) is 50.7 Å². The summed E-state index contributed by atoms with van der Waals surface area (Å²) in [7, 11) is -2.76. The molecule has 1 atom stereocenters. The van der Waals surface area contributed by atoms with Gasteiger partial charge in [0.1, 0.15) is 24.2 Å². The fraction of sp³-hybridized carbons (Fsp3) is 0.310. The van der Waals surface area contributed by atoms with E-state index in [0.717, 1.165) is 4.31 Å². The highest BCUT2D eigenvalue weighted by molar-refractivity contribution is 7.92. The van der Waals surface area contributed by atoms with Crippen LogP contribution in [0.2, 0.25) is 0 Å². The number of hydrogen-bond acceptors (Lipinski definition) is 5. The molecule has 8 nitrogen and oxygen atoms in total. The van der Waals surface area contributed by atoms with Crippen LogP contribution in [0.1, 0.15) is 33.3 Å². The summed E-state index contributed by atoms with van der Waals surface area (Å²) in [5.74, 6) is -1.28. The lowest BCUT2D eigenvalue weighted by Crippen LogP contribution is -2.54. The molecule has 0 aliphatic rings. The number of hydrogen-bond donors (Lipinski definition) is 1. The predicted octanol–water partition coefficient (Wildman–Crippen LogP) is 4.36. The van der Waals surface area contributed by atoms with Gasteiger partial charge in [-0.25, -0.2) is 12.8 Å². The smallest absolute Gasteiger partial charge is 0.264 e. The Labute approximate surface area is 229 Å². The zero-order chi connectivity index (χ0) is 28.8. The van der Waals surface area contributed by atoms with Gasteiger partial charge in [0.15, 0.2) is 0 Å². The Kier molecular flexibility index (Phi) is 9.34. The van der Waals surface area contributed by atoms with Crippen LogP contribution in [0.5, 0.6) is 5.75 Å². The van der Waals surface area contributed by atoms with E-state index in [0.29, 0.717) is 5.75 Å². The Morgan fingerprint density at radius 1 is 0.974 bits per heavy atom. The zero-order valence-electron chi connectivity index (χ0n) is 22.7. The molecule has 208 valence electrons. The van der Waals surface area contributed by atoms with E-state index in [1.54, 1.807) is 63.2 Å². The van der Waals surface area contributed by atoms with E-state index in [2.05, 4.69) is 5.32 Å². The standard InChI is InChI=1S/C29H34FN3O5S/c1-21(28(35)31-29(2,3)4)32(19-22-12-9-10-17-26(22)30)27(34)20-33(23-13-11-14-24(18-23)38-5)39(36,37)25-15-7-6-8-16-25/h6-18,21H,19-20H2,1-5H3,(H,31,35)/t21-/m1/s1. The van der Waals surface area contributed by atoms with Gasteiger partial charge in [-0.3, -0.25) is 13.9 Å². The van der Waals surface area contributed by atoms with Gasteiger partial charge in [0.05, 0.1) is 17.7 Å². The molecule has 0 heterocycles. The number of benzene rings is 3. The highest BCUT2D eigenvalue weighted by Gasteiger charge is 2.33. The average molecular weight is 556 g/mol. The van der Waals surface area contributed by atoms with Crippen molar-refractivity contribution in [3.63, 3.8) is 0 Å². The molecule has 0 aliphatic heterocycles. The Morgan fingerprint density at radius 2 is 1.62 bits per heavy atom. The lowest BCUT2D eigenvalue weighted by atomic mass is 10.1. The second-order valence-corrected chi connectivity index (χ2v) is 11.9. The van der Waals surface area contributed by atoms with Gasteiger partial charge in [-0.15, -0.1) is 0 Å². The van der Waals surface area contributed by atoms with E-state index < -0.39 is 45.8 Å². The molecule has 0 saturated heterocycles. The molecular weight excluding hydrogens is 521 g/mol. The van der Waals surface area contributed by atoms with Gasteiger partial charge in [-0.2, -0.15) is 0 Å². The van der Waals surface area contributed by atoms with Crippen molar-refractivity contribution in [3.05, 3.63) is 90.2 Å². The number of amides is 2. The first-order valence-electron chi connectivity index (χ1n) is 12.4. The van der Waals surface area contributed by atoms with Crippen LogP contribution in [0, 0.1) is 5.82 Å². The van der Waals surface area contributed by atoms with Crippen molar-refractivity contribution in [2.75, 3.05) is 18.0 Å². The van der Waals surface area contributed by atoms with Crippen molar-refractivity contribution >= 4 is 27.5 Å². The summed E-state index contributed by atoms with van der Waals surface area (Å²) in [6.07, 6.45) is 0. The SMILES string of the molecule is COc1cccc(N(CC(=O)N(Cc2ccccc2F)[C@H](C)C(=O)NC(C)(C)C)S(=O)(=O)c2ccccc2)c1. The summed E-state index contributed by atoms with van der Waals surface area (Å²) in [6, 6.07) is 19.0. The Hall–Kier alpha value is -3.92. The van der Waals surface area contributed by atoms with Gasteiger partial charge in [-0.1, -0.05) is 42.5 Å². The normalized spacial score (nSPS) is 12.4. The van der Waals surface area contributed by atoms with Crippen LogP contribution in [-0.4, -0.2) is 50.4 Å². The number of carbonyl (C=O) groups excluding carboxylic acids is 2. The first-order chi connectivity index (χ1) is 18.3. The van der Waals surface area contributed by atoms with Crippen molar-refractivity contribution in [1.29, 1.82) is 0 Å². The van der Waals surface area contributed by atoms with Crippen LogP contribution < -0.4 is 14.4 Å². The third-order valence-electron chi connectivity index (χ3n) is 5.92. The third kappa shape index (κ3) is 7.57. The highest BCUT2D eigenvalue weighted by atomic mass is 32.2. The van der Waals surface area contributed by atoms with Crippen LogP contribution in [0.4, 0.5) is 10.1 Å². The second kappa shape index (κ2) is 12.3. The Morgan fingerprint density at radius 3 is 2.23 bits per heavy atom. The maximum atomic E-state index is 14.6. The fourth-order valence-electron chi connectivity index (χ4n) is 3.88. The number of carbonyl (C=O) groups is 2. The molecule has 0 spiro atoms. The minimum Gasteiger partial charge on any atom is -0.497 e. The minimum absolute atomic E-state index is 0.0141. The fourth-order valence-corrected chi connectivity index (χ4v) is 5.31. The average Bonchev–Trinajstić information content (AvgIpc) is 2.90. The summed E-state index contributed by atoms with van der Waals surface area (Å²) in [4.78, 5) is 28.1. The first-order valence-corrected chi connectivity index (χ1v) is 13.8. The summed E-state index contributed by atoms with van der Waals surface area (Å²) in [6.45, 7) is 6.07. The van der Waals surface area contributed by atoms with Gasteiger partial charge in [0, 0.05) is 23.7 Å². The molecule has 3 rings (SSSR count). The van der Waals surface area contributed by atoms with E-state index >= 15 is 0 Å². The molecule has 39 heavy (non-hydrogen) atoms. The summed E-state index contributed by atoms with van der Waals surface area (Å²) in [5.41, 5.74) is -0.189. The van der Waals surface area contributed by atoms with E-state index in [-0.39, 0.29) is 22.7 Å². The van der Waals surface area contributed by atoms with Crippen molar-refractivity contribution in [2.24, 2.45) is 0 Å². The van der Waals surface area contributed by atoms with E-state index in [1.807, 2.05) is 0 Å². The van der Waals surface area contributed by atoms with E-state index in [9.17, 15) is 22.4 Å². The van der Waals surface area contributed by atoms with Crippen molar-refractivity contribution in [1.82, 2.24) is 10.2 Å². The minimum atomic E-state index is -4.21. The molecule has 2 amide bonds. The molecule has 0 aliphatic carbocycles. The van der Waals surface area contributed by atoms with Crippen molar-refractivity contribution in [3.8, 4) is 5.75 Å². The summed E-state index contributed by atoms with van der Waals surface area (Å²) >= 11 is 0. The Balaban J connectivity index is 2.06. The van der Waals surface area contributed by atoms with Gasteiger partial charge in [-0.05, 0) is 58.0 Å². The summed E-state index contributed by atoms with van der Waals surface area (Å²) in [5, 5.41) is 2.84. The lowest BCUT2D eigenvalue weighted by molar-refractivity contribution is -0.140. The van der Waals surface area contributed by atoms with Crippen LogP contribution >= 0.6 is 0 Å². The molecule has 0 unspecified atom stereocenters. The topological polar surface area (TPSA) is 96.0 Å².